The van der Waals surface area contributed by atoms with E-state index in [4.69, 9.17) is 0 Å². The normalized spacial score (nSPS) is 34.8. The van der Waals surface area contributed by atoms with E-state index >= 15 is 0 Å². The Balaban J connectivity index is 2.55. The highest BCUT2D eigenvalue weighted by Gasteiger charge is 2.45. The number of halogens is 4. The van der Waals surface area contributed by atoms with Crippen molar-refractivity contribution >= 4 is 22.6 Å². The van der Waals surface area contributed by atoms with Gasteiger partial charge in [0.2, 0.25) is 0 Å². The van der Waals surface area contributed by atoms with E-state index in [1.54, 1.807) is 0 Å². The molecule has 2 atom stereocenters. The maximum atomic E-state index is 12.0. The maximum absolute atomic E-state index is 12.0. The molecule has 1 saturated carbocycles. The van der Waals surface area contributed by atoms with Gasteiger partial charge >= 0.3 is 6.18 Å². The van der Waals surface area contributed by atoms with E-state index in [-0.39, 0.29) is 3.92 Å². The first kappa shape index (κ1) is 8.62. The molecule has 0 nitrogen and oxygen atoms in total. The molecule has 0 aromatic heterocycles. The first-order valence-electron chi connectivity index (χ1n) is 3.22. The fourth-order valence-corrected chi connectivity index (χ4v) is 2.49. The molecule has 0 aliphatic heterocycles. The van der Waals surface area contributed by atoms with Gasteiger partial charge in [-0.15, -0.1) is 0 Å². The van der Waals surface area contributed by atoms with Gasteiger partial charge in [-0.2, -0.15) is 13.2 Å². The third kappa shape index (κ3) is 1.77. The predicted octanol–water partition coefficient (Wildman–Crippen LogP) is 3.15. The van der Waals surface area contributed by atoms with Gasteiger partial charge in [0, 0.05) is 3.92 Å². The molecular formula is C6H8F3I. The molecule has 1 aliphatic carbocycles. The van der Waals surface area contributed by atoms with Crippen molar-refractivity contribution in [1.29, 1.82) is 0 Å². The Labute approximate surface area is 71.3 Å². The van der Waals surface area contributed by atoms with Crippen LogP contribution in [0.15, 0.2) is 0 Å². The van der Waals surface area contributed by atoms with Crippen molar-refractivity contribution in [1.82, 2.24) is 0 Å². The highest BCUT2D eigenvalue weighted by Crippen LogP contribution is 2.42. The zero-order valence-corrected chi connectivity index (χ0v) is 7.45. The Morgan fingerprint density at radius 3 is 2.00 bits per heavy atom. The molecule has 0 heterocycles. The first-order valence-corrected chi connectivity index (χ1v) is 4.47. The lowest BCUT2D eigenvalue weighted by Crippen LogP contribution is -2.26. The van der Waals surface area contributed by atoms with Crippen LogP contribution < -0.4 is 0 Å². The summed E-state index contributed by atoms with van der Waals surface area (Å²) in [5.74, 6) is -1.03. The lowest BCUT2D eigenvalue weighted by atomic mass is 10.1. The smallest absolute Gasteiger partial charge is 0.171 e. The van der Waals surface area contributed by atoms with Crippen LogP contribution in [0.3, 0.4) is 0 Å². The summed E-state index contributed by atoms with van der Waals surface area (Å²) in [6.45, 7) is 0. The van der Waals surface area contributed by atoms with E-state index in [9.17, 15) is 13.2 Å². The second kappa shape index (κ2) is 2.87. The van der Waals surface area contributed by atoms with Crippen molar-refractivity contribution in [3.63, 3.8) is 0 Å². The van der Waals surface area contributed by atoms with Gasteiger partial charge in [-0.25, -0.2) is 0 Å². The molecule has 60 valence electrons. The van der Waals surface area contributed by atoms with Gasteiger partial charge in [0.1, 0.15) is 0 Å². The topological polar surface area (TPSA) is 0 Å². The van der Waals surface area contributed by atoms with E-state index in [0.717, 1.165) is 12.8 Å². The summed E-state index contributed by atoms with van der Waals surface area (Å²) in [5.41, 5.74) is 0. The Bertz CT molecular complexity index is 121. The largest absolute Gasteiger partial charge is 0.392 e. The minimum absolute atomic E-state index is 0.183. The maximum Gasteiger partial charge on any atom is 0.392 e. The third-order valence-corrected chi connectivity index (χ3v) is 3.34. The predicted molar refractivity (Wildman–Crippen MR) is 41.2 cm³/mol. The van der Waals surface area contributed by atoms with Crippen LogP contribution >= 0.6 is 22.6 Å². The van der Waals surface area contributed by atoms with Crippen LogP contribution in [0, 0.1) is 5.92 Å². The van der Waals surface area contributed by atoms with Crippen molar-refractivity contribution in [2.24, 2.45) is 5.92 Å². The summed E-state index contributed by atoms with van der Waals surface area (Å²) in [6, 6.07) is 0. The summed E-state index contributed by atoms with van der Waals surface area (Å²) in [5, 5.41) is 0. The third-order valence-electron chi connectivity index (χ3n) is 1.85. The SMILES string of the molecule is FC(F)(F)C1CCCC1I. The summed E-state index contributed by atoms with van der Waals surface area (Å²) in [6.07, 6.45) is -2.16. The number of alkyl halides is 4. The molecular weight excluding hydrogens is 256 g/mol. The number of rotatable bonds is 0. The molecule has 0 amide bonds. The lowest BCUT2D eigenvalue weighted by molar-refractivity contribution is -0.169. The van der Waals surface area contributed by atoms with Crippen LogP contribution in [0.4, 0.5) is 13.2 Å². The second-order valence-electron chi connectivity index (χ2n) is 2.60. The second-order valence-corrected chi connectivity index (χ2v) is 4.19. The molecule has 0 bridgehead atoms. The van der Waals surface area contributed by atoms with Crippen molar-refractivity contribution < 1.29 is 13.2 Å². The van der Waals surface area contributed by atoms with Gasteiger partial charge < -0.3 is 0 Å². The van der Waals surface area contributed by atoms with Crippen LogP contribution in [-0.2, 0) is 0 Å². The van der Waals surface area contributed by atoms with E-state index in [0.29, 0.717) is 6.42 Å². The molecule has 10 heavy (non-hydrogen) atoms. The summed E-state index contributed by atoms with van der Waals surface area (Å²) < 4.78 is 35.8. The Kier molecular flexibility index (Phi) is 2.47. The average Bonchev–Trinajstić information content (AvgIpc) is 2.11. The quantitative estimate of drug-likeness (QED) is 0.465. The fourth-order valence-electron chi connectivity index (χ4n) is 1.28. The van der Waals surface area contributed by atoms with Gasteiger partial charge in [-0.05, 0) is 12.8 Å². The standard InChI is InChI=1S/C6H8F3I/c7-6(8,9)4-2-1-3-5(4)10/h4-5H,1-3H2. The van der Waals surface area contributed by atoms with Crippen LogP contribution in [-0.4, -0.2) is 10.1 Å². The molecule has 1 fully saturated rings. The van der Waals surface area contributed by atoms with Gasteiger partial charge in [-0.3, -0.25) is 0 Å². The van der Waals surface area contributed by atoms with Crippen LogP contribution in [0.2, 0.25) is 0 Å². The first-order chi connectivity index (χ1) is 4.52. The zero-order chi connectivity index (χ0) is 7.78. The van der Waals surface area contributed by atoms with E-state index in [2.05, 4.69) is 0 Å². The van der Waals surface area contributed by atoms with E-state index in [1.807, 2.05) is 22.6 Å². The minimum Gasteiger partial charge on any atom is -0.171 e. The summed E-state index contributed by atoms with van der Waals surface area (Å²) in [7, 11) is 0. The van der Waals surface area contributed by atoms with Crippen molar-refractivity contribution in [2.75, 3.05) is 0 Å². The Morgan fingerprint density at radius 1 is 1.20 bits per heavy atom. The van der Waals surface area contributed by atoms with Gasteiger partial charge in [-0.1, -0.05) is 29.0 Å². The number of hydrogen-bond donors (Lipinski definition) is 0. The molecule has 0 aromatic carbocycles. The minimum atomic E-state index is -3.96. The van der Waals surface area contributed by atoms with Crippen LogP contribution in [0.25, 0.3) is 0 Å². The van der Waals surface area contributed by atoms with Crippen molar-refractivity contribution in [3.8, 4) is 0 Å². The van der Waals surface area contributed by atoms with Gasteiger partial charge in [0.15, 0.2) is 0 Å². The molecule has 0 aromatic rings. The summed E-state index contributed by atoms with van der Waals surface area (Å²) in [4.78, 5) is 0. The Morgan fingerprint density at radius 2 is 1.80 bits per heavy atom. The van der Waals surface area contributed by atoms with E-state index in [1.165, 1.54) is 0 Å². The zero-order valence-electron chi connectivity index (χ0n) is 5.29. The van der Waals surface area contributed by atoms with Gasteiger partial charge in [0.25, 0.3) is 0 Å². The van der Waals surface area contributed by atoms with Gasteiger partial charge in [0.05, 0.1) is 5.92 Å². The highest BCUT2D eigenvalue weighted by molar-refractivity contribution is 14.1. The number of hydrogen-bond acceptors (Lipinski definition) is 0. The fraction of sp³-hybridized carbons (Fsp3) is 1.00. The molecule has 0 radical (unpaired) electrons. The molecule has 4 heteroatoms. The molecule has 0 saturated heterocycles. The highest BCUT2D eigenvalue weighted by atomic mass is 127. The molecule has 0 N–H and O–H groups in total. The summed E-state index contributed by atoms with van der Waals surface area (Å²) >= 11 is 1.90. The monoisotopic (exact) mass is 264 g/mol. The van der Waals surface area contributed by atoms with Crippen molar-refractivity contribution in [3.05, 3.63) is 0 Å². The lowest BCUT2D eigenvalue weighted by Gasteiger charge is -2.17. The molecule has 1 rings (SSSR count). The Hall–Kier alpha value is 0.520. The van der Waals surface area contributed by atoms with Crippen LogP contribution in [0.1, 0.15) is 19.3 Å². The molecule has 2 unspecified atom stereocenters. The van der Waals surface area contributed by atoms with Crippen molar-refractivity contribution in [2.45, 2.75) is 29.4 Å². The molecule has 1 aliphatic rings. The molecule has 0 spiro atoms. The van der Waals surface area contributed by atoms with E-state index < -0.39 is 12.1 Å². The van der Waals surface area contributed by atoms with Crippen LogP contribution in [0.5, 0.6) is 0 Å². The average molecular weight is 264 g/mol.